The minimum Gasteiger partial charge on any atom is -0.481 e. The number of aromatic nitrogens is 3. The molecule has 0 radical (unpaired) electrons. The van der Waals surface area contributed by atoms with E-state index < -0.39 is 23.0 Å². The molecule has 256 valence electrons. The normalized spacial score (nSPS) is 17.2. The Balaban J connectivity index is 1.33. The van der Waals surface area contributed by atoms with Crippen molar-refractivity contribution in [2.75, 3.05) is 32.1 Å². The standard InChI is InChI=1S/C35H34Cl2FN5O6/c1-5-49-34(46)19-13-14-43(16-19)26-12-9-18-15-25(40-32(48-4)27(18)26)20-7-6-8-21(29(20)36)28-23(38)10-11-24(30(28)37)39-31(44)22-17-41(2)35(47)42(3)33(22)45/h6-8,10-11,15,17,19,26H,5,9,12-14,16H2,1-4H3,(H,39,44). The summed E-state index contributed by atoms with van der Waals surface area (Å²) in [5.74, 6) is -1.39. The Kier molecular flexibility index (Phi) is 9.65. The molecule has 0 saturated carbocycles. The van der Waals surface area contributed by atoms with Gasteiger partial charge in [-0.1, -0.05) is 41.4 Å². The highest BCUT2D eigenvalue weighted by Crippen LogP contribution is 2.46. The van der Waals surface area contributed by atoms with Crippen molar-refractivity contribution in [2.24, 2.45) is 20.0 Å². The molecule has 49 heavy (non-hydrogen) atoms. The van der Waals surface area contributed by atoms with Crippen LogP contribution in [0.4, 0.5) is 10.1 Å². The van der Waals surface area contributed by atoms with Crippen LogP contribution in [0.1, 0.15) is 47.3 Å². The lowest BCUT2D eigenvalue weighted by Gasteiger charge is -2.25. The number of nitrogens with one attached hydrogen (secondary N) is 1. The Labute approximate surface area is 291 Å². The van der Waals surface area contributed by atoms with Gasteiger partial charge in [-0.15, -0.1) is 0 Å². The summed E-state index contributed by atoms with van der Waals surface area (Å²) >= 11 is 13.7. The lowest BCUT2D eigenvalue weighted by Crippen LogP contribution is -2.40. The van der Waals surface area contributed by atoms with Crippen molar-refractivity contribution in [3.8, 4) is 28.3 Å². The summed E-state index contributed by atoms with van der Waals surface area (Å²) in [6.45, 7) is 3.53. The number of fused-ring (bicyclic) bond motifs is 1. The van der Waals surface area contributed by atoms with E-state index in [1.807, 2.05) is 6.07 Å². The number of nitrogens with zero attached hydrogens (tertiary/aromatic N) is 4. The number of anilines is 1. The van der Waals surface area contributed by atoms with Crippen LogP contribution in [0.25, 0.3) is 22.4 Å². The molecule has 0 bridgehead atoms. The van der Waals surface area contributed by atoms with Crippen molar-refractivity contribution in [3.63, 3.8) is 0 Å². The van der Waals surface area contributed by atoms with Crippen LogP contribution >= 0.6 is 23.2 Å². The first-order valence-electron chi connectivity index (χ1n) is 15.8. The summed E-state index contributed by atoms with van der Waals surface area (Å²) in [7, 11) is 4.24. The first-order valence-corrected chi connectivity index (χ1v) is 16.5. The fraction of sp³-hybridized carbons (Fsp3) is 0.343. The maximum atomic E-state index is 15.5. The van der Waals surface area contributed by atoms with Crippen molar-refractivity contribution >= 4 is 40.8 Å². The van der Waals surface area contributed by atoms with Crippen molar-refractivity contribution < 1.29 is 23.5 Å². The number of methoxy groups -OCH3 is 1. The number of pyridine rings is 1. The fourth-order valence-corrected chi connectivity index (χ4v) is 7.36. The summed E-state index contributed by atoms with van der Waals surface area (Å²) in [5, 5.41) is 2.61. The largest absolute Gasteiger partial charge is 0.481 e. The zero-order chi connectivity index (χ0) is 35.1. The Morgan fingerprint density at radius 1 is 1.08 bits per heavy atom. The predicted octanol–water partition coefficient (Wildman–Crippen LogP) is 5.39. The molecular weight excluding hydrogens is 676 g/mol. The van der Waals surface area contributed by atoms with Crippen LogP contribution < -0.4 is 21.3 Å². The third-order valence-electron chi connectivity index (χ3n) is 9.18. The highest BCUT2D eigenvalue weighted by molar-refractivity contribution is 6.39. The van der Waals surface area contributed by atoms with E-state index in [0.29, 0.717) is 30.3 Å². The molecule has 2 atom stereocenters. The van der Waals surface area contributed by atoms with Gasteiger partial charge >= 0.3 is 11.7 Å². The number of rotatable bonds is 8. The van der Waals surface area contributed by atoms with Crippen molar-refractivity contribution in [1.82, 2.24) is 19.0 Å². The van der Waals surface area contributed by atoms with Gasteiger partial charge in [0.1, 0.15) is 11.4 Å². The number of hydrogen-bond acceptors (Lipinski definition) is 8. The lowest BCUT2D eigenvalue weighted by molar-refractivity contribution is -0.147. The Morgan fingerprint density at radius 2 is 1.84 bits per heavy atom. The number of aryl methyl sites for hydroxylation is 2. The molecule has 14 heteroatoms. The molecule has 2 unspecified atom stereocenters. The number of halogens is 3. The highest BCUT2D eigenvalue weighted by Gasteiger charge is 2.38. The third kappa shape index (κ3) is 6.24. The number of amides is 1. The molecule has 0 spiro atoms. The minimum atomic E-state index is -0.825. The zero-order valence-corrected chi connectivity index (χ0v) is 28.8. The van der Waals surface area contributed by atoms with Gasteiger partial charge in [-0.05, 0) is 56.5 Å². The summed E-state index contributed by atoms with van der Waals surface area (Å²) in [4.78, 5) is 57.3. The number of carbonyl (C=O) groups is 2. The number of likely N-dealkylation sites (tertiary alicyclic amines) is 1. The fourth-order valence-electron chi connectivity index (χ4n) is 6.74. The van der Waals surface area contributed by atoms with Crippen LogP contribution in [0, 0.1) is 11.7 Å². The minimum absolute atomic E-state index is 0.0379. The molecule has 11 nitrogen and oxygen atoms in total. The smallest absolute Gasteiger partial charge is 0.330 e. The molecule has 2 aliphatic rings. The predicted molar refractivity (Wildman–Crippen MR) is 184 cm³/mol. The number of ether oxygens (including phenoxy) is 2. The second-order valence-electron chi connectivity index (χ2n) is 12.1. The van der Waals surface area contributed by atoms with E-state index in [-0.39, 0.29) is 50.4 Å². The van der Waals surface area contributed by atoms with Crippen LogP contribution in [0.3, 0.4) is 0 Å². The first-order chi connectivity index (χ1) is 23.4. The van der Waals surface area contributed by atoms with Crippen LogP contribution in [-0.2, 0) is 30.0 Å². The molecule has 2 aromatic heterocycles. The van der Waals surface area contributed by atoms with Gasteiger partial charge in [0, 0.05) is 55.1 Å². The average molecular weight is 711 g/mol. The van der Waals surface area contributed by atoms with Gasteiger partial charge in [0.2, 0.25) is 5.88 Å². The van der Waals surface area contributed by atoms with Crippen molar-refractivity contribution in [1.29, 1.82) is 0 Å². The Hall–Kier alpha value is -4.52. The van der Waals surface area contributed by atoms with E-state index in [1.54, 1.807) is 32.2 Å². The monoisotopic (exact) mass is 709 g/mol. The molecule has 3 heterocycles. The molecular formula is C35H34Cl2FN5O6. The maximum absolute atomic E-state index is 15.5. The third-order valence-corrected chi connectivity index (χ3v) is 9.98. The highest BCUT2D eigenvalue weighted by atomic mass is 35.5. The Morgan fingerprint density at radius 3 is 2.57 bits per heavy atom. The summed E-state index contributed by atoms with van der Waals surface area (Å²) in [6.07, 6.45) is 3.47. The van der Waals surface area contributed by atoms with Crippen LogP contribution in [-0.4, -0.2) is 57.7 Å². The van der Waals surface area contributed by atoms with E-state index in [1.165, 1.54) is 20.2 Å². The summed E-state index contributed by atoms with van der Waals surface area (Å²) in [5.41, 5.74) is 1.63. The molecule has 1 saturated heterocycles. The van der Waals surface area contributed by atoms with Crippen LogP contribution in [0.15, 0.2) is 52.2 Å². The second kappa shape index (κ2) is 13.8. The van der Waals surface area contributed by atoms with E-state index in [0.717, 1.165) is 58.3 Å². The van der Waals surface area contributed by atoms with E-state index in [4.69, 9.17) is 37.7 Å². The number of carbonyl (C=O) groups excluding carboxylic acids is 2. The maximum Gasteiger partial charge on any atom is 0.330 e. The molecule has 1 N–H and O–H groups in total. The molecule has 1 fully saturated rings. The van der Waals surface area contributed by atoms with Gasteiger partial charge in [0.05, 0.1) is 41.1 Å². The molecule has 6 rings (SSSR count). The average Bonchev–Trinajstić information content (AvgIpc) is 3.75. The second-order valence-corrected chi connectivity index (χ2v) is 12.8. The van der Waals surface area contributed by atoms with Crippen molar-refractivity contribution in [2.45, 2.75) is 32.2 Å². The number of esters is 1. The summed E-state index contributed by atoms with van der Waals surface area (Å²) in [6, 6.07) is 9.50. The summed E-state index contributed by atoms with van der Waals surface area (Å²) < 4.78 is 28.5. The first kappa shape index (κ1) is 34.3. The quantitative estimate of drug-likeness (QED) is 0.242. The molecule has 1 aliphatic carbocycles. The van der Waals surface area contributed by atoms with Gasteiger partial charge in [-0.3, -0.25) is 23.9 Å². The van der Waals surface area contributed by atoms with Gasteiger partial charge in [-0.25, -0.2) is 14.2 Å². The van der Waals surface area contributed by atoms with E-state index >= 15 is 4.39 Å². The van der Waals surface area contributed by atoms with Crippen molar-refractivity contribution in [3.05, 3.63) is 96.0 Å². The number of benzene rings is 2. The van der Waals surface area contributed by atoms with Gasteiger partial charge in [0.25, 0.3) is 11.5 Å². The van der Waals surface area contributed by atoms with Gasteiger partial charge < -0.3 is 19.4 Å². The molecule has 2 aromatic carbocycles. The van der Waals surface area contributed by atoms with Crippen LogP contribution in [0.5, 0.6) is 5.88 Å². The molecule has 1 amide bonds. The van der Waals surface area contributed by atoms with Gasteiger partial charge in [0.15, 0.2) is 0 Å². The topological polar surface area (TPSA) is 125 Å². The van der Waals surface area contributed by atoms with E-state index in [2.05, 4.69) is 10.2 Å². The SMILES string of the molecule is CCOC(=O)C1CCN(C2CCc3cc(-c4cccc(-c5c(F)ccc(NC(=O)c6cn(C)c(=O)n(C)c6=O)c5Cl)c4Cl)nc(OC)c32)C1. The Bertz CT molecular complexity index is 2120. The van der Waals surface area contributed by atoms with Crippen LogP contribution in [0.2, 0.25) is 10.0 Å². The van der Waals surface area contributed by atoms with Gasteiger partial charge in [-0.2, -0.15) is 0 Å². The zero-order valence-electron chi connectivity index (χ0n) is 27.3. The van der Waals surface area contributed by atoms with E-state index in [9.17, 15) is 19.2 Å². The lowest BCUT2D eigenvalue weighted by atomic mass is 9.98. The number of hydrogen-bond donors (Lipinski definition) is 1. The molecule has 1 aliphatic heterocycles. The molecule has 4 aromatic rings.